The lowest BCUT2D eigenvalue weighted by Gasteiger charge is -2.37. The second-order valence-corrected chi connectivity index (χ2v) is 5.42. The molecule has 3 N–H and O–H groups in total. The van der Waals surface area contributed by atoms with E-state index in [4.69, 9.17) is 4.74 Å². The Bertz CT molecular complexity index is 422. The second-order valence-electron chi connectivity index (χ2n) is 5.42. The average Bonchev–Trinajstić information content (AvgIpc) is 2.84. The molecule has 114 valence electrons. The number of hydrogen-bond donors (Lipinski definition) is 3. The Balaban J connectivity index is 0.00000200. The molecule has 0 bridgehead atoms. The minimum Gasteiger partial charge on any atom is -0.384 e. The monoisotopic (exact) mass is 301 g/mol. The zero-order chi connectivity index (χ0) is 13.7. The lowest BCUT2D eigenvalue weighted by Crippen LogP contribution is -2.47. The highest BCUT2D eigenvalue weighted by atomic mass is 35.5. The van der Waals surface area contributed by atoms with Crippen LogP contribution in [0.2, 0.25) is 0 Å². The first-order valence-electron chi connectivity index (χ1n) is 6.78. The Hall–Kier alpha value is -1.04. The number of methoxy groups -OCH3 is 1. The molecular weight excluding hydrogens is 278 g/mol. The van der Waals surface area contributed by atoms with E-state index in [1.165, 1.54) is 0 Å². The fourth-order valence-corrected chi connectivity index (χ4v) is 2.68. The fourth-order valence-electron chi connectivity index (χ4n) is 2.68. The number of hydrogen-bond acceptors (Lipinski definition) is 3. The van der Waals surface area contributed by atoms with E-state index in [1.807, 2.05) is 13.1 Å². The summed E-state index contributed by atoms with van der Waals surface area (Å²) in [6, 6.07) is 0. The van der Waals surface area contributed by atoms with Crippen molar-refractivity contribution in [1.82, 2.24) is 15.6 Å². The lowest BCUT2D eigenvalue weighted by molar-refractivity contribution is 0.0511. The van der Waals surface area contributed by atoms with Gasteiger partial charge in [-0.15, -0.1) is 12.4 Å². The van der Waals surface area contributed by atoms with Gasteiger partial charge in [-0.05, 0) is 38.4 Å². The van der Waals surface area contributed by atoms with Crippen LogP contribution in [0.15, 0.2) is 12.4 Å². The van der Waals surface area contributed by atoms with E-state index in [2.05, 4.69) is 15.6 Å². The molecule has 1 aromatic heterocycles. The largest absolute Gasteiger partial charge is 0.384 e. The van der Waals surface area contributed by atoms with E-state index in [9.17, 15) is 4.79 Å². The molecular formula is C14H24ClN3O2. The molecule has 0 unspecified atom stereocenters. The van der Waals surface area contributed by atoms with Crippen molar-refractivity contribution in [3.8, 4) is 0 Å². The van der Waals surface area contributed by atoms with Crippen LogP contribution in [0.3, 0.4) is 0 Å². The van der Waals surface area contributed by atoms with Crippen LogP contribution < -0.4 is 10.6 Å². The van der Waals surface area contributed by atoms with E-state index >= 15 is 0 Å². The number of amides is 1. The predicted octanol–water partition coefficient (Wildman–Crippen LogP) is 1.49. The molecule has 1 fully saturated rings. The van der Waals surface area contributed by atoms with Crippen LogP contribution in [0, 0.1) is 12.3 Å². The molecule has 0 saturated carbocycles. The van der Waals surface area contributed by atoms with Gasteiger partial charge >= 0.3 is 0 Å². The molecule has 1 aromatic rings. The van der Waals surface area contributed by atoms with Gasteiger partial charge in [-0.25, -0.2) is 0 Å². The number of H-pyrrole nitrogens is 1. The van der Waals surface area contributed by atoms with E-state index in [1.54, 1.807) is 13.3 Å². The maximum atomic E-state index is 12.1. The Kier molecular flexibility index (Phi) is 6.52. The van der Waals surface area contributed by atoms with Crippen molar-refractivity contribution in [2.45, 2.75) is 19.8 Å². The number of carbonyl (C=O) groups is 1. The number of aryl methyl sites for hydroxylation is 1. The molecule has 1 aliphatic rings. The van der Waals surface area contributed by atoms with Crippen LogP contribution in [0.25, 0.3) is 0 Å². The van der Waals surface area contributed by atoms with Gasteiger partial charge in [0.2, 0.25) is 0 Å². The highest BCUT2D eigenvalue weighted by Gasteiger charge is 2.32. The van der Waals surface area contributed by atoms with Gasteiger partial charge in [0.1, 0.15) is 0 Å². The zero-order valence-corrected chi connectivity index (χ0v) is 12.9. The molecule has 0 spiro atoms. The van der Waals surface area contributed by atoms with Crippen LogP contribution in [-0.2, 0) is 4.74 Å². The molecule has 1 amide bonds. The van der Waals surface area contributed by atoms with Crippen LogP contribution >= 0.6 is 12.4 Å². The van der Waals surface area contributed by atoms with Crippen molar-refractivity contribution < 1.29 is 9.53 Å². The topological polar surface area (TPSA) is 66.1 Å². The highest BCUT2D eigenvalue weighted by Crippen LogP contribution is 2.28. The average molecular weight is 302 g/mol. The summed E-state index contributed by atoms with van der Waals surface area (Å²) < 4.78 is 5.35. The number of halogens is 1. The lowest BCUT2D eigenvalue weighted by atomic mass is 9.79. The molecule has 20 heavy (non-hydrogen) atoms. The van der Waals surface area contributed by atoms with Gasteiger partial charge in [-0.3, -0.25) is 4.79 Å². The maximum absolute atomic E-state index is 12.1. The number of aromatic nitrogens is 1. The standard InChI is InChI=1S/C14H23N3O2.ClH/c1-11-7-16-8-12(11)13(18)17-9-14(10-19-2)3-5-15-6-4-14;/h7-8,15-16H,3-6,9-10H2,1-2H3,(H,17,18);1H. The van der Waals surface area contributed by atoms with E-state index < -0.39 is 0 Å². The molecule has 0 aliphatic carbocycles. The van der Waals surface area contributed by atoms with Gasteiger partial charge in [-0.2, -0.15) is 0 Å². The summed E-state index contributed by atoms with van der Waals surface area (Å²) in [5, 5.41) is 6.40. The first-order chi connectivity index (χ1) is 9.17. The highest BCUT2D eigenvalue weighted by molar-refractivity contribution is 5.95. The van der Waals surface area contributed by atoms with Crippen molar-refractivity contribution in [2.75, 3.05) is 33.4 Å². The van der Waals surface area contributed by atoms with Gasteiger partial charge in [-0.1, -0.05) is 0 Å². The molecule has 0 atom stereocenters. The van der Waals surface area contributed by atoms with Crippen molar-refractivity contribution >= 4 is 18.3 Å². The number of ether oxygens (including phenoxy) is 1. The minimum atomic E-state index is -0.00670. The molecule has 2 heterocycles. The number of carbonyl (C=O) groups excluding carboxylic acids is 1. The van der Waals surface area contributed by atoms with Crippen molar-refractivity contribution in [2.24, 2.45) is 5.41 Å². The summed E-state index contributed by atoms with van der Waals surface area (Å²) >= 11 is 0. The molecule has 6 heteroatoms. The summed E-state index contributed by atoms with van der Waals surface area (Å²) in [5.41, 5.74) is 1.77. The van der Waals surface area contributed by atoms with Crippen LogP contribution in [0.5, 0.6) is 0 Å². The van der Waals surface area contributed by atoms with Gasteiger partial charge in [0.05, 0.1) is 12.2 Å². The van der Waals surface area contributed by atoms with Crippen LogP contribution in [-0.4, -0.2) is 44.2 Å². The maximum Gasteiger partial charge on any atom is 0.253 e. The van der Waals surface area contributed by atoms with Crippen LogP contribution in [0.4, 0.5) is 0 Å². The van der Waals surface area contributed by atoms with E-state index in [-0.39, 0.29) is 23.7 Å². The smallest absolute Gasteiger partial charge is 0.253 e. The summed E-state index contributed by atoms with van der Waals surface area (Å²) in [5.74, 6) is -0.00670. The number of nitrogens with one attached hydrogen (secondary N) is 3. The van der Waals surface area contributed by atoms with Gasteiger partial charge in [0.25, 0.3) is 5.91 Å². The summed E-state index contributed by atoms with van der Waals surface area (Å²) in [7, 11) is 1.72. The number of piperidine rings is 1. The third-order valence-corrected chi connectivity index (χ3v) is 3.94. The summed E-state index contributed by atoms with van der Waals surface area (Å²) in [4.78, 5) is 15.1. The fraction of sp³-hybridized carbons (Fsp3) is 0.643. The Morgan fingerprint density at radius 1 is 1.40 bits per heavy atom. The van der Waals surface area contributed by atoms with E-state index in [0.717, 1.165) is 37.1 Å². The van der Waals surface area contributed by atoms with Gasteiger partial charge < -0.3 is 20.4 Å². The van der Waals surface area contributed by atoms with Crippen LogP contribution in [0.1, 0.15) is 28.8 Å². The first-order valence-corrected chi connectivity index (χ1v) is 6.78. The quantitative estimate of drug-likeness (QED) is 0.772. The summed E-state index contributed by atoms with van der Waals surface area (Å²) in [6.07, 6.45) is 5.65. The summed E-state index contributed by atoms with van der Waals surface area (Å²) in [6.45, 7) is 5.28. The van der Waals surface area contributed by atoms with Gasteiger partial charge in [0, 0.05) is 31.5 Å². The number of rotatable bonds is 5. The van der Waals surface area contributed by atoms with Crippen molar-refractivity contribution in [3.63, 3.8) is 0 Å². The Morgan fingerprint density at radius 2 is 2.10 bits per heavy atom. The normalized spacial score (nSPS) is 17.3. The predicted molar refractivity (Wildman–Crippen MR) is 81.5 cm³/mol. The third-order valence-electron chi connectivity index (χ3n) is 3.94. The molecule has 0 radical (unpaired) electrons. The third kappa shape index (κ3) is 3.98. The van der Waals surface area contributed by atoms with Crippen molar-refractivity contribution in [3.05, 3.63) is 23.5 Å². The molecule has 1 saturated heterocycles. The van der Waals surface area contributed by atoms with Gasteiger partial charge in [0.15, 0.2) is 0 Å². The Labute approximate surface area is 126 Å². The van der Waals surface area contributed by atoms with Crippen molar-refractivity contribution in [1.29, 1.82) is 0 Å². The number of aromatic amines is 1. The first kappa shape index (κ1) is 17.0. The molecule has 0 aromatic carbocycles. The SMILES string of the molecule is COCC1(CNC(=O)c2c[nH]cc2C)CCNCC1.Cl. The molecule has 5 nitrogen and oxygen atoms in total. The molecule has 2 rings (SSSR count). The molecule has 1 aliphatic heterocycles. The zero-order valence-electron chi connectivity index (χ0n) is 12.1. The minimum absolute atomic E-state index is 0. The van der Waals surface area contributed by atoms with E-state index in [0.29, 0.717) is 13.2 Å². The Morgan fingerprint density at radius 3 is 2.65 bits per heavy atom. The second kappa shape index (κ2) is 7.67.